The lowest BCUT2D eigenvalue weighted by Crippen LogP contribution is -2.18. The molecule has 5 aromatic heterocycles. The Morgan fingerprint density at radius 3 is 1.09 bits per heavy atom. The fraction of sp³-hybridized carbons (Fsp3) is 0.0500. The number of fused-ring (bicyclic) bond motifs is 9. The largest absolute Gasteiger partial charge is 0.444 e. The molecule has 79 heavy (non-hydrogen) atoms. The number of ketones is 2. The molecule has 0 N–H and O–H groups in total. The molecule has 5 heterocycles. The Hall–Kier alpha value is -11.1. The summed E-state index contributed by atoms with van der Waals surface area (Å²) in [5.74, 6) is -1.50. The van der Waals surface area contributed by atoms with Gasteiger partial charge in [-0.05, 0) is 27.8 Å². The van der Waals surface area contributed by atoms with Crippen LogP contribution in [0.3, 0.4) is 0 Å². The van der Waals surface area contributed by atoms with Crippen molar-refractivity contribution in [3.63, 3.8) is 0 Å². The zero-order valence-corrected chi connectivity index (χ0v) is 42.3. The highest BCUT2D eigenvalue weighted by atomic mass is 32.1. The van der Waals surface area contributed by atoms with E-state index in [0.717, 1.165) is 31.8 Å². The molecule has 0 radical (unpaired) electrons. The molecule has 0 fully saturated rings. The molecule has 0 unspecified atom stereocenters. The fourth-order valence-electron chi connectivity index (χ4n) is 9.74. The van der Waals surface area contributed by atoms with Crippen molar-refractivity contribution >= 4 is 128 Å². The van der Waals surface area contributed by atoms with Crippen molar-refractivity contribution in [3.8, 4) is 24.3 Å². The van der Waals surface area contributed by atoms with E-state index in [1.165, 1.54) is 16.7 Å². The molecular weight excluding hydrogens is 1040 g/mol. The molecule has 12 rings (SSSR count). The van der Waals surface area contributed by atoms with Gasteiger partial charge >= 0.3 is 18.3 Å². The van der Waals surface area contributed by atoms with Gasteiger partial charge in [0, 0.05) is 34.4 Å². The number of carbonyl (C=O) groups excluding carboxylic acids is 5. The summed E-state index contributed by atoms with van der Waals surface area (Å²) in [6.45, 7) is -0.630. The Balaban J connectivity index is 1.14. The van der Waals surface area contributed by atoms with Crippen LogP contribution in [0.15, 0.2) is 173 Å². The van der Waals surface area contributed by atoms with Gasteiger partial charge in [0.1, 0.15) is 78.3 Å². The highest BCUT2D eigenvalue weighted by Crippen LogP contribution is 2.51. The summed E-state index contributed by atoms with van der Waals surface area (Å²) in [7, 11) is 0. The van der Waals surface area contributed by atoms with Gasteiger partial charge in [-0.3, -0.25) is 9.59 Å². The van der Waals surface area contributed by atoms with Crippen molar-refractivity contribution in [2.45, 2.75) is 19.8 Å². The maximum absolute atomic E-state index is 15.3. The second-order valence-electron chi connectivity index (χ2n) is 17.7. The Bertz CT molecular complexity index is 4340. The maximum Gasteiger partial charge on any atom is 0.420 e. The number of hydrogen-bond donors (Lipinski definition) is 0. The monoisotopic (exact) mass is 1070 g/mol. The van der Waals surface area contributed by atoms with E-state index in [4.69, 9.17) is 24.2 Å². The number of aromatic nitrogens is 3. The third-order valence-corrected chi connectivity index (χ3v) is 15.6. The number of rotatable bonds is 8. The van der Waals surface area contributed by atoms with Crippen molar-refractivity contribution < 1.29 is 38.2 Å². The molecule has 376 valence electrons. The molecule has 0 amide bonds. The van der Waals surface area contributed by atoms with E-state index in [-0.39, 0.29) is 98.4 Å². The second-order valence-corrected chi connectivity index (χ2v) is 19.8. The Morgan fingerprint density at radius 2 is 0.747 bits per heavy atom. The molecule has 0 bridgehead atoms. The summed E-state index contributed by atoms with van der Waals surface area (Å²) in [5.41, 5.74) is 1.94. The zero-order valence-electron chi connectivity index (χ0n) is 40.7. The van der Waals surface area contributed by atoms with Gasteiger partial charge in [0.25, 0.3) is 0 Å². The summed E-state index contributed by atoms with van der Waals surface area (Å²) in [6.07, 6.45) is -2.90. The first-order chi connectivity index (χ1) is 38.6. The summed E-state index contributed by atoms with van der Waals surface area (Å²) >= 11 is 2.33. The first-order valence-electron chi connectivity index (χ1n) is 24.0. The lowest BCUT2D eigenvalue weighted by molar-refractivity contribution is 0.106. The average Bonchev–Trinajstić information content (AvgIpc) is 4.45. The fourth-order valence-corrected chi connectivity index (χ4v) is 12.3. The normalized spacial score (nSPS) is 13.6. The van der Waals surface area contributed by atoms with Crippen LogP contribution in [-0.2, 0) is 34.0 Å². The van der Waals surface area contributed by atoms with Crippen LogP contribution in [0.4, 0.5) is 26.0 Å². The number of hydrogen-bond acceptors (Lipinski definition) is 16. The van der Waals surface area contributed by atoms with Crippen LogP contribution < -0.4 is 0 Å². The minimum Gasteiger partial charge on any atom is -0.444 e. The molecule has 0 aliphatic heterocycles. The van der Waals surface area contributed by atoms with E-state index in [2.05, 4.69) is 0 Å². The molecule has 10 aromatic rings. The van der Waals surface area contributed by atoms with Crippen LogP contribution in [0.2, 0.25) is 0 Å². The van der Waals surface area contributed by atoms with Gasteiger partial charge in [-0.25, -0.2) is 38.1 Å². The van der Waals surface area contributed by atoms with Crippen molar-refractivity contribution in [2.24, 2.45) is 9.98 Å². The van der Waals surface area contributed by atoms with E-state index < -0.39 is 29.8 Å². The lowest BCUT2D eigenvalue weighted by Gasteiger charge is -2.12. The first-order valence-corrected chi connectivity index (χ1v) is 25.6. The first kappa shape index (κ1) is 48.8. The molecule has 19 heteroatoms. The number of ether oxygens (including phenoxy) is 3. The Kier molecular flexibility index (Phi) is 12.3. The number of Topliss-reactive ketones (excluding diaryl/α,β-unsaturated/α-hetero) is 2. The predicted molar refractivity (Wildman–Crippen MR) is 294 cm³/mol. The topological polar surface area (TPSA) is 248 Å². The number of aliphatic imine (C=N–C) groups is 2. The van der Waals surface area contributed by atoms with Crippen LogP contribution in [0.5, 0.6) is 0 Å². The van der Waals surface area contributed by atoms with Crippen LogP contribution in [0.1, 0.15) is 48.5 Å². The van der Waals surface area contributed by atoms with E-state index in [1.54, 1.807) is 133 Å². The van der Waals surface area contributed by atoms with Crippen molar-refractivity contribution in [2.75, 3.05) is 0 Å². The molecule has 2 aliphatic rings. The number of allylic oxidation sites excluding steroid dienone is 4. The van der Waals surface area contributed by atoms with Gasteiger partial charge in [-0.15, -0.1) is 22.7 Å². The highest BCUT2D eigenvalue weighted by molar-refractivity contribution is 7.33. The zero-order chi connectivity index (χ0) is 54.5. The smallest absolute Gasteiger partial charge is 0.420 e. The Labute approximate surface area is 454 Å². The van der Waals surface area contributed by atoms with Crippen LogP contribution in [0.25, 0.3) is 52.0 Å². The molecule has 5 aromatic carbocycles. The van der Waals surface area contributed by atoms with Crippen molar-refractivity contribution in [1.82, 2.24) is 13.7 Å². The minimum absolute atomic E-state index is 0.0261. The number of benzene rings is 5. The average molecular weight is 1070 g/mol. The molecule has 17 nitrogen and oxygen atoms in total. The third kappa shape index (κ3) is 8.16. The predicted octanol–water partition coefficient (Wildman–Crippen LogP) is 12.9. The second kappa shape index (κ2) is 19.9. The van der Waals surface area contributed by atoms with Gasteiger partial charge < -0.3 is 14.2 Å². The minimum atomic E-state index is -0.975. The summed E-state index contributed by atoms with van der Waals surface area (Å²) in [6, 6.07) is 50.1. The van der Waals surface area contributed by atoms with E-state index in [9.17, 15) is 40.2 Å². The molecule has 0 saturated carbocycles. The molecule has 2 aliphatic carbocycles. The van der Waals surface area contributed by atoms with Crippen LogP contribution in [0, 0.1) is 45.3 Å². The van der Waals surface area contributed by atoms with Gasteiger partial charge in [0.15, 0.2) is 0 Å². The van der Waals surface area contributed by atoms with Crippen LogP contribution in [-0.4, -0.2) is 55.0 Å². The van der Waals surface area contributed by atoms with E-state index in [1.807, 2.05) is 30.3 Å². The molecule has 0 atom stereocenters. The van der Waals surface area contributed by atoms with Gasteiger partial charge in [-0.2, -0.15) is 21.0 Å². The maximum atomic E-state index is 15.3. The van der Waals surface area contributed by atoms with E-state index in [0.29, 0.717) is 46.6 Å². The third-order valence-electron chi connectivity index (χ3n) is 13.2. The lowest BCUT2D eigenvalue weighted by atomic mass is 10.0. The van der Waals surface area contributed by atoms with Crippen molar-refractivity contribution in [3.05, 3.63) is 202 Å². The van der Waals surface area contributed by atoms with Crippen molar-refractivity contribution in [1.29, 1.82) is 21.0 Å². The van der Waals surface area contributed by atoms with Crippen LogP contribution >= 0.6 is 22.7 Å². The molecule has 0 spiro atoms. The number of nitrogens with zero attached hydrogens (tertiary/aromatic N) is 9. The quantitative estimate of drug-likeness (QED) is 0.102. The SMILES string of the molecule is N#CC(C#N)=C1C(=Nc2cc3sc4c5sc6cc(N=C7C(=O)c8ccccc8C7=C(C#N)C#N)n(C(=O)OCc7ccccc7)c6c5n(C(=O)OCc5ccccc5)c4c3n2C(=O)OCc2ccccc2)C(=O)c2ccccc21. The molecular formula is C60H31N9O8S2. The van der Waals surface area contributed by atoms with Gasteiger partial charge in [-0.1, -0.05) is 140 Å². The number of nitriles is 4. The summed E-state index contributed by atoms with van der Waals surface area (Å²) in [5, 5.41) is 40.6. The number of thiophene rings is 2. The Morgan fingerprint density at radius 1 is 0.430 bits per heavy atom. The standard InChI is InChI=1S/C60H31N9O8S2/c61-26-36(27-62)46-38-20-10-12-22-40(38)54(70)48(46)65-44-24-42-50(67(44)58(72)75-30-33-14-4-1-5-15-33)52-56(78-42)57-53(69(52)60(74)77-32-35-18-8-3-9-19-35)51-43(79-57)25-45(68(51)59(73)76-31-34-16-6-2-7-17-34)66-49-47(37(28-63)29-64)39-21-11-13-23-41(39)55(49)71/h1-25H,30-32H2. The van der Waals surface area contributed by atoms with E-state index >= 15 is 4.79 Å². The highest BCUT2D eigenvalue weighted by Gasteiger charge is 2.38. The van der Waals surface area contributed by atoms with Gasteiger partial charge in [0.2, 0.25) is 11.6 Å². The summed E-state index contributed by atoms with van der Waals surface area (Å²) in [4.78, 5) is 83.2. The summed E-state index contributed by atoms with van der Waals surface area (Å²) < 4.78 is 23.2. The number of carbonyl (C=O) groups is 5. The molecule has 0 saturated heterocycles. The van der Waals surface area contributed by atoms with Gasteiger partial charge in [0.05, 0.1) is 40.9 Å².